The summed E-state index contributed by atoms with van der Waals surface area (Å²) in [5, 5.41) is 2.17. The zero-order chi connectivity index (χ0) is 8.15. The second kappa shape index (κ2) is 3.87. The Kier molecular flexibility index (Phi) is 3.46. The number of carbonyl (C=O) groups excluding carboxylic acids is 2. The van der Waals surface area contributed by atoms with E-state index >= 15 is 0 Å². The van der Waals surface area contributed by atoms with Crippen molar-refractivity contribution in [2.24, 2.45) is 11.1 Å². The van der Waals surface area contributed by atoms with Gasteiger partial charge in [-0.05, 0) is 6.92 Å². The number of rotatable bonds is 3. The number of hydrogen-bond acceptors (Lipinski definition) is 3. The maximum atomic E-state index is 10.5. The molecule has 0 saturated carbocycles. The van der Waals surface area contributed by atoms with E-state index < -0.39 is 5.91 Å². The first-order chi connectivity index (χ1) is 4.57. The molecule has 0 fully saturated rings. The maximum Gasteiger partial charge on any atom is 0.287 e. The number of Topliss-reactive ketones (excluding diaryl/α,β-unsaturated/α-hetero) is 1. The van der Waals surface area contributed by atoms with Gasteiger partial charge in [0.15, 0.2) is 0 Å². The lowest BCUT2D eigenvalue weighted by molar-refractivity contribution is -0.125. The number of hydrogen-bond donors (Lipinski definition) is 0. The molecule has 0 aromatic carbocycles. The Morgan fingerprint density at radius 2 is 2.00 bits per heavy atom. The van der Waals surface area contributed by atoms with Gasteiger partial charge in [-0.2, -0.15) is 0 Å². The summed E-state index contributed by atoms with van der Waals surface area (Å²) in [6, 6.07) is 0. The minimum Gasteiger partial charge on any atom is -0.300 e. The van der Waals surface area contributed by atoms with E-state index in [9.17, 15) is 14.5 Å². The van der Waals surface area contributed by atoms with Gasteiger partial charge < -0.3 is 0 Å². The van der Waals surface area contributed by atoms with E-state index in [2.05, 4.69) is 5.18 Å². The quantitative estimate of drug-likeness (QED) is 0.551. The van der Waals surface area contributed by atoms with E-state index in [0.717, 1.165) is 0 Å². The fraction of sp³-hybridized carbons (Fsp3) is 0.667. The van der Waals surface area contributed by atoms with Gasteiger partial charge >= 0.3 is 0 Å². The summed E-state index contributed by atoms with van der Waals surface area (Å²) in [6.07, 6.45) is -0.0706. The molecular formula is C6H9NO3. The van der Waals surface area contributed by atoms with Gasteiger partial charge in [-0.15, -0.1) is 4.91 Å². The van der Waals surface area contributed by atoms with Crippen LogP contribution in [0.2, 0.25) is 0 Å². The third kappa shape index (κ3) is 3.06. The van der Waals surface area contributed by atoms with E-state index in [0.29, 0.717) is 0 Å². The molecule has 0 bridgehead atoms. The van der Waals surface area contributed by atoms with Gasteiger partial charge in [0.05, 0.1) is 0 Å². The summed E-state index contributed by atoms with van der Waals surface area (Å²) in [5.41, 5.74) is 0. The first kappa shape index (κ1) is 8.94. The van der Waals surface area contributed by atoms with Gasteiger partial charge in [0, 0.05) is 17.5 Å². The highest BCUT2D eigenvalue weighted by atomic mass is 16.3. The van der Waals surface area contributed by atoms with Gasteiger partial charge in [-0.3, -0.25) is 9.59 Å². The number of ketones is 1. The zero-order valence-corrected chi connectivity index (χ0v) is 5.96. The molecule has 0 spiro atoms. The monoisotopic (exact) mass is 143 g/mol. The maximum absolute atomic E-state index is 10.5. The Labute approximate surface area is 58.6 Å². The molecule has 0 aromatic rings. The zero-order valence-electron chi connectivity index (χ0n) is 5.96. The molecule has 0 aliphatic carbocycles. The smallest absolute Gasteiger partial charge is 0.287 e. The molecule has 0 N–H and O–H groups in total. The van der Waals surface area contributed by atoms with Crippen molar-refractivity contribution >= 4 is 11.7 Å². The molecule has 0 saturated heterocycles. The van der Waals surface area contributed by atoms with E-state index in [1.54, 1.807) is 6.92 Å². The van der Waals surface area contributed by atoms with Gasteiger partial charge in [0.25, 0.3) is 5.91 Å². The van der Waals surface area contributed by atoms with Crippen LogP contribution >= 0.6 is 0 Å². The normalized spacial score (nSPS) is 12.2. The van der Waals surface area contributed by atoms with Crippen LogP contribution in [-0.2, 0) is 9.59 Å². The third-order valence-corrected chi connectivity index (χ3v) is 1.28. The lowest BCUT2D eigenvalue weighted by Crippen LogP contribution is -2.10. The average molecular weight is 143 g/mol. The molecule has 0 rings (SSSR count). The van der Waals surface area contributed by atoms with Crippen molar-refractivity contribution in [2.45, 2.75) is 20.3 Å². The molecule has 0 aliphatic rings. The highest BCUT2D eigenvalue weighted by Crippen LogP contribution is 2.03. The topological polar surface area (TPSA) is 63.6 Å². The molecule has 4 heteroatoms. The molecule has 4 nitrogen and oxygen atoms in total. The lowest BCUT2D eigenvalue weighted by atomic mass is 10.0. The van der Waals surface area contributed by atoms with Crippen molar-refractivity contribution in [1.82, 2.24) is 0 Å². The van der Waals surface area contributed by atoms with E-state index in [4.69, 9.17) is 0 Å². The molecule has 0 heterocycles. The fourth-order valence-corrected chi connectivity index (χ4v) is 0.443. The Hall–Kier alpha value is -1.06. The summed E-state index contributed by atoms with van der Waals surface area (Å²) in [4.78, 5) is 30.3. The number of carbonyl (C=O) groups is 2. The summed E-state index contributed by atoms with van der Waals surface area (Å²) in [7, 11) is 0. The third-order valence-electron chi connectivity index (χ3n) is 1.28. The Balaban J connectivity index is 3.79. The SMILES string of the molecule is CC(=O)[C@H](C)CC(=O)N=O. The van der Waals surface area contributed by atoms with Crippen LogP contribution in [-0.4, -0.2) is 11.7 Å². The van der Waals surface area contributed by atoms with Crippen molar-refractivity contribution < 1.29 is 9.59 Å². The second-order valence-corrected chi connectivity index (χ2v) is 2.20. The van der Waals surface area contributed by atoms with Gasteiger partial charge in [0.1, 0.15) is 5.78 Å². The minimum absolute atomic E-state index is 0.0706. The van der Waals surface area contributed by atoms with Crippen molar-refractivity contribution in [3.8, 4) is 0 Å². The Morgan fingerprint density at radius 3 is 2.30 bits per heavy atom. The van der Waals surface area contributed by atoms with Crippen molar-refractivity contribution in [3.63, 3.8) is 0 Å². The van der Waals surface area contributed by atoms with Crippen LogP contribution in [0.5, 0.6) is 0 Å². The van der Waals surface area contributed by atoms with E-state index in [1.165, 1.54) is 6.92 Å². The number of nitroso groups, excluding NO2 is 1. The Morgan fingerprint density at radius 1 is 1.50 bits per heavy atom. The van der Waals surface area contributed by atoms with Gasteiger partial charge in [-0.1, -0.05) is 6.92 Å². The molecule has 1 atom stereocenters. The summed E-state index contributed by atoms with van der Waals surface area (Å²) in [5.74, 6) is -1.25. The van der Waals surface area contributed by atoms with Crippen LogP contribution in [0.4, 0.5) is 0 Å². The highest BCUT2D eigenvalue weighted by Gasteiger charge is 2.12. The van der Waals surface area contributed by atoms with Gasteiger partial charge in [0.2, 0.25) is 0 Å². The molecule has 10 heavy (non-hydrogen) atoms. The minimum atomic E-state index is -0.761. The molecule has 0 radical (unpaired) electrons. The molecule has 0 aliphatic heterocycles. The second-order valence-electron chi connectivity index (χ2n) is 2.20. The molecule has 56 valence electrons. The predicted octanol–water partition coefficient (Wildman–Crippen LogP) is 0.895. The fourth-order valence-electron chi connectivity index (χ4n) is 0.443. The van der Waals surface area contributed by atoms with E-state index in [-0.39, 0.29) is 18.1 Å². The first-order valence-corrected chi connectivity index (χ1v) is 2.94. The van der Waals surface area contributed by atoms with E-state index in [1.807, 2.05) is 0 Å². The Bertz CT molecular complexity index is 164. The number of amides is 1. The van der Waals surface area contributed by atoms with Gasteiger partial charge in [-0.25, -0.2) is 0 Å². The van der Waals surface area contributed by atoms with Crippen molar-refractivity contribution in [2.75, 3.05) is 0 Å². The number of nitrogens with zero attached hydrogens (tertiary/aromatic N) is 1. The van der Waals surface area contributed by atoms with Crippen molar-refractivity contribution in [1.29, 1.82) is 0 Å². The largest absolute Gasteiger partial charge is 0.300 e. The summed E-state index contributed by atoms with van der Waals surface area (Å²) in [6.45, 7) is 2.97. The van der Waals surface area contributed by atoms with Crippen LogP contribution in [0.3, 0.4) is 0 Å². The molecule has 1 amide bonds. The van der Waals surface area contributed by atoms with Crippen LogP contribution in [0.15, 0.2) is 5.18 Å². The molecular weight excluding hydrogens is 134 g/mol. The highest BCUT2D eigenvalue weighted by molar-refractivity contribution is 5.85. The van der Waals surface area contributed by atoms with Crippen LogP contribution in [0.25, 0.3) is 0 Å². The summed E-state index contributed by atoms with van der Waals surface area (Å²) >= 11 is 0. The average Bonchev–Trinajstić information content (AvgIpc) is 1.87. The molecule has 0 unspecified atom stereocenters. The summed E-state index contributed by atoms with van der Waals surface area (Å²) < 4.78 is 0. The van der Waals surface area contributed by atoms with Crippen LogP contribution in [0, 0.1) is 10.8 Å². The lowest BCUT2D eigenvalue weighted by Gasteiger charge is -1.99. The molecule has 0 aromatic heterocycles. The standard InChI is InChI=1S/C6H9NO3/c1-4(5(2)8)3-6(9)7-10/h4H,3H2,1-2H3/t4-/m1/s1. The predicted molar refractivity (Wildman–Crippen MR) is 35.3 cm³/mol. The van der Waals surface area contributed by atoms with Crippen LogP contribution in [0.1, 0.15) is 20.3 Å². The van der Waals surface area contributed by atoms with Crippen molar-refractivity contribution in [3.05, 3.63) is 4.91 Å². The first-order valence-electron chi connectivity index (χ1n) is 2.94. The van der Waals surface area contributed by atoms with Crippen LogP contribution < -0.4 is 0 Å².